The number of anilines is 1. The molecule has 7 nitrogen and oxygen atoms in total. The van der Waals surface area contributed by atoms with Crippen LogP contribution in [0.2, 0.25) is 0 Å². The minimum absolute atomic E-state index is 0.0230. The molecular formula is C18H17NO6. The number of nitrogen functional groups attached to an aromatic ring is 1. The molecule has 0 radical (unpaired) electrons. The molecule has 3 rings (SSSR count). The van der Waals surface area contributed by atoms with Gasteiger partial charge in [0.25, 0.3) is 0 Å². The molecule has 0 spiro atoms. The van der Waals surface area contributed by atoms with Gasteiger partial charge >= 0.3 is 0 Å². The van der Waals surface area contributed by atoms with Crippen LogP contribution in [0.1, 0.15) is 44.7 Å². The minimum atomic E-state index is -1.44. The standard InChI is InChI=1S/C18H17NO6/c19-16-12(25-7-3-6-13(21)22)8-11(20)14-15(16)18(24)10-5-2-1-4-9(10)17(14)23/h1-2,4-5,8,13,20-22H,3,6-7,19H2. The highest BCUT2D eigenvalue weighted by atomic mass is 16.5. The van der Waals surface area contributed by atoms with Gasteiger partial charge in [-0.15, -0.1) is 0 Å². The maximum Gasteiger partial charge on any atom is 0.198 e. The summed E-state index contributed by atoms with van der Waals surface area (Å²) in [7, 11) is 0. The molecule has 2 aromatic carbocycles. The molecule has 25 heavy (non-hydrogen) atoms. The minimum Gasteiger partial charge on any atom is -0.507 e. The topological polar surface area (TPSA) is 130 Å². The Morgan fingerprint density at radius 2 is 1.64 bits per heavy atom. The van der Waals surface area contributed by atoms with Crippen LogP contribution in [-0.4, -0.2) is 39.8 Å². The third kappa shape index (κ3) is 2.95. The van der Waals surface area contributed by atoms with E-state index < -0.39 is 17.9 Å². The fraction of sp³-hybridized carbons (Fsp3) is 0.222. The van der Waals surface area contributed by atoms with Crippen molar-refractivity contribution < 1.29 is 29.6 Å². The number of aliphatic hydroxyl groups is 2. The predicted octanol–water partition coefficient (Wildman–Crippen LogP) is 1.22. The summed E-state index contributed by atoms with van der Waals surface area (Å²) in [5.74, 6) is -1.22. The number of ketones is 2. The number of ether oxygens (including phenoxy) is 1. The Morgan fingerprint density at radius 3 is 2.24 bits per heavy atom. The number of phenols is 1. The van der Waals surface area contributed by atoms with Crippen LogP contribution >= 0.6 is 0 Å². The first kappa shape index (κ1) is 16.9. The first-order valence-corrected chi connectivity index (χ1v) is 7.74. The van der Waals surface area contributed by atoms with E-state index in [9.17, 15) is 14.7 Å². The van der Waals surface area contributed by atoms with Crippen molar-refractivity contribution >= 4 is 17.3 Å². The van der Waals surface area contributed by atoms with Crippen LogP contribution in [0.25, 0.3) is 0 Å². The first-order valence-electron chi connectivity index (χ1n) is 7.74. The average Bonchev–Trinajstić information content (AvgIpc) is 2.58. The molecule has 0 heterocycles. The van der Waals surface area contributed by atoms with Crippen molar-refractivity contribution in [3.8, 4) is 11.5 Å². The zero-order valence-electron chi connectivity index (χ0n) is 13.2. The van der Waals surface area contributed by atoms with E-state index in [1.54, 1.807) is 12.1 Å². The largest absolute Gasteiger partial charge is 0.507 e. The molecule has 0 aliphatic heterocycles. The van der Waals surface area contributed by atoms with Gasteiger partial charge in [-0.3, -0.25) is 9.59 Å². The molecule has 1 aliphatic rings. The van der Waals surface area contributed by atoms with Crippen molar-refractivity contribution in [3.63, 3.8) is 0 Å². The average molecular weight is 343 g/mol. The zero-order valence-corrected chi connectivity index (χ0v) is 13.2. The van der Waals surface area contributed by atoms with Crippen molar-refractivity contribution in [3.05, 3.63) is 52.6 Å². The Labute approximate surface area is 143 Å². The molecule has 0 saturated heterocycles. The molecule has 5 N–H and O–H groups in total. The second kappa shape index (κ2) is 6.54. The number of aliphatic hydroxyl groups excluding tert-OH is 1. The summed E-state index contributed by atoms with van der Waals surface area (Å²) in [5.41, 5.74) is 6.25. The van der Waals surface area contributed by atoms with Gasteiger partial charge in [0.2, 0.25) is 0 Å². The van der Waals surface area contributed by atoms with Crippen molar-refractivity contribution in [1.82, 2.24) is 0 Å². The molecular weight excluding hydrogens is 326 g/mol. The lowest BCUT2D eigenvalue weighted by molar-refractivity contribution is -0.0479. The molecule has 0 saturated carbocycles. The van der Waals surface area contributed by atoms with Gasteiger partial charge in [0.15, 0.2) is 17.9 Å². The second-order valence-corrected chi connectivity index (χ2v) is 5.73. The fourth-order valence-electron chi connectivity index (χ4n) is 2.84. The SMILES string of the molecule is Nc1c(OCCCC(O)O)cc(O)c2c1C(=O)c1ccccc1C2=O. The zero-order chi connectivity index (χ0) is 18.1. The van der Waals surface area contributed by atoms with E-state index >= 15 is 0 Å². The van der Waals surface area contributed by atoms with Gasteiger partial charge in [0.1, 0.15) is 11.5 Å². The van der Waals surface area contributed by atoms with Gasteiger partial charge in [-0.05, 0) is 6.42 Å². The first-order chi connectivity index (χ1) is 11.9. The number of hydrogen-bond donors (Lipinski definition) is 4. The Bertz CT molecular complexity index is 859. The number of carbonyl (C=O) groups excluding carboxylic acids is 2. The van der Waals surface area contributed by atoms with Crippen LogP contribution in [0, 0.1) is 0 Å². The molecule has 0 bridgehead atoms. The number of carbonyl (C=O) groups is 2. The van der Waals surface area contributed by atoms with Crippen LogP contribution in [0.4, 0.5) is 5.69 Å². The van der Waals surface area contributed by atoms with Crippen molar-refractivity contribution in [2.45, 2.75) is 19.1 Å². The molecule has 130 valence electrons. The smallest absolute Gasteiger partial charge is 0.198 e. The molecule has 0 aromatic heterocycles. The number of fused-ring (bicyclic) bond motifs is 2. The summed E-state index contributed by atoms with van der Waals surface area (Å²) in [5, 5.41) is 27.9. The molecule has 0 amide bonds. The summed E-state index contributed by atoms with van der Waals surface area (Å²) in [6, 6.07) is 7.54. The van der Waals surface area contributed by atoms with Crippen molar-refractivity contribution in [2.75, 3.05) is 12.3 Å². The molecule has 0 unspecified atom stereocenters. The number of nitrogens with two attached hydrogens (primary N) is 1. The Hall–Kier alpha value is -2.90. The summed E-state index contributed by atoms with van der Waals surface area (Å²) >= 11 is 0. The number of hydrogen-bond acceptors (Lipinski definition) is 7. The molecule has 0 atom stereocenters. The Morgan fingerprint density at radius 1 is 1.04 bits per heavy atom. The van der Waals surface area contributed by atoms with Crippen LogP contribution < -0.4 is 10.5 Å². The number of benzene rings is 2. The molecule has 2 aromatic rings. The van der Waals surface area contributed by atoms with E-state index in [0.29, 0.717) is 6.42 Å². The lowest BCUT2D eigenvalue weighted by Crippen LogP contribution is -2.23. The predicted molar refractivity (Wildman–Crippen MR) is 88.8 cm³/mol. The van der Waals surface area contributed by atoms with E-state index in [0.717, 1.165) is 0 Å². The third-order valence-electron chi connectivity index (χ3n) is 4.04. The van der Waals surface area contributed by atoms with Crippen molar-refractivity contribution in [2.24, 2.45) is 0 Å². The highest BCUT2D eigenvalue weighted by Crippen LogP contribution is 2.41. The maximum absolute atomic E-state index is 12.7. The van der Waals surface area contributed by atoms with E-state index in [1.165, 1.54) is 18.2 Å². The van der Waals surface area contributed by atoms with E-state index in [-0.39, 0.29) is 52.5 Å². The summed E-state index contributed by atoms with van der Waals surface area (Å²) in [6.45, 7) is 0.110. The van der Waals surface area contributed by atoms with E-state index in [1.807, 2.05) is 0 Å². The second-order valence-electron chi connectivity index (χ2n) is 5.73. The summed E-state index contributed by atoms with van der Waals surface area (Å²) in [6.07, 6.45) is -0.986. The Kier molecular flexibility index (Phi) is 4.43. The third-order valence-corrected chi connectivity index (χ3v) is 4.04. The van der Waals surface area contributed by atoms with Gasteiger partial charge < -0.3 is 25.8 Å². The summed E-state index contributed by atoms with van der Waals surface area (Å²) in [4.78, 5) is 25.3. The van der Waals surface area contributed by atoms with Gasteiger partial charge in [0.05, 0.1) is 23.4 Å². The highest BCUT2D eigenvalue weighted by Gasteiger charge is 2.35. The van der Waals surface area contributed by atoms with Gasteiger partial charge in [-0.2, -0.15) is 0 Å². The fourth-order valence-corrected chi connectivity index (χ4v) is 2.84. The van der Waals surface area contributed by atoms with Crippen LogP contribution in [-0.2, 0) is 0 Å². The number of aromatic hydroxyl groups is 1. The van der Waals surface area contributed by atoms with Crippen LogP contribution in [0.3, 0.4) is 0 Å². The van der Waals surface area contributed by atoms with E-state index in [2.05, 4.69) is 0 Å². The number of rotatable bonds is 5. The lowest BCUT2D eigenvalue weighted by Gasteiger charge is -2.21. The van der Waals surface area contributed by atoms with Crippen LogP contribution in [0.5, 0.6) is 11.5 Å². The molecule has 1 aliphatic carbocycles. The van der Waals surface area contributed by atoms with E-state index in [4.69, 9.17) is 20.7 Å². The maximum atomic E-state index is 12.7. The monoisotopic (exact) mass is 343 g/mol. The quantitative estimate of drug-likeness (QED) is 0.237. The van der Waals surface area contributed by atoms with Gasteiger partial charge in [0, 0.05) is 23.6 Å². The lowest BCUT2D eigenvalue weighted by atomic mass is 9.82. The molecule has 0 fully saturated rings. The Balaban J connectivity index is 1.99. The highest BCUT2D eigenvalue weighted by molar-refractivity contribution is 6.31. The van der Waals surface area contributed by atoms with Gasteiger partial charge in [-0.1, -0.05) is 24.3 Å². The van der Waals surface area contributed by atoms with Gasteiger partial charge in [-0.25, -0.2) is 0 Å². The normalized spacial score (nSPS) is 12.9. The van der Waals surface area contributed by atoms with Crippen molar-refractivity contribution in [1.29, 1.82) is 0 Å². The number of phenolic OH excluding ortho intramolecular Hbond substituents is 1. The summed E-state index contributed by atoms with van der Waals surface area (Å²) < 4.78 is 5.43. The molecule has 7 heteroatoms. The van der Waals surface area contributed by atoms with Crippen LogP contribution in [0.15, 0.2) is 30.3 Å².